The van der Waals surface area contributed by atoms with Crippen molar-refractivity contribution in [2.45, 2.75) is 39.3 Å². The minimum absolute atomic E-state index is 0.0322. The Morgan fingerprint density at radius 2 is 2.33 bits per heavy atom. The van der Waals surface area contributed by atoms with Gasteiger partial charge in [0.05, 0.1) is 27.7 Å². The van der Waals surface area contributed by atoms with Gasteiger partial charge in [-0.3, -0.25) is 4.79 Å². The number of aryl methyl sites for hydroxylation is 1. The minimum Gasteiger partial charge on any atom is -0.349 e. The number of nitrogens with zero attached hydrogens (tertiary/aromatic N) is 3. The van der Waals surface area contributed by atoms with Gasteiger partial charge < -0.3 is 5.32 Å². The summed E-state index contributed by atoms with van der Waals surface area (Å²) >= 11 is 1.63. The van der Waals surface area contributed by atoms with Gasteiger partial charge >= 0.3 is 0 Å². The number of fused-ring (bicyclic) bond motifs is 1. The lowest BCUT2D eigenvalue weighted by Gasteiger charge is -2.14. The Kier molecular flexibility index (Phi) is 3.84. The van der Waals surface area contributed by atoms with Crippen molar-refractivity contribution < 1.29 is 4.79 Å². The molecule has 0 saturated heterocycles. The number of carbonyl (C=O) groups excluding carboxylic acids is 1. The Labute approximate surface area is 144 Å². The van der Waals surface area contributed by atoms with Crippen molar-refractivity contribution in [3.8, 4) is 10.6 Å². The molecule has 1 amide bonds. The molecule has 0 bridgehead atoms. The van der Waals surface area contributed by atoms with Gasteiger partial charge in [-0.1, -0.05) is 6.07 Å². The fourth-order valence-electron chi connectivity index (χ4n) is 3.02. The summed E-state index contributed by atoms with van der Waals surface area (Å²) in [4.78, 5) is 18.7. The number of aromatic nitrogens is 3. The molecule has 124 valence electrons. The highest BCUT2D eigenvalue weighted by Gasteiger charge is 2.29. The molecule has 0 aromatic carbocycles. The maximum absolute atomic E-state index is 12.8. The first kappa shape index (κ1) is 15.3. The molecular formula is C18H20N4OS. The summed E-state index contributed by atoms with van der Waals surface area (Å²) in [5.41, 5.74) is 2.26. The molecule has 4 rings (SSSR count). The second-order valence-electron chi connectivity index (χ2n) is 6.33. The van der Waals surface area contributed by atoms with Crippen LogP contribution < -0.4 is 5.32 Å². The van der Waals surface area contributed by atoms with Gasteiger partial charge in [0.15, 0.2) is 5.65 Å². The molecule has 24 heavy (non-hydrogen) atoms. The zero-order valence-electron chi connectivity index (χ0n) is 13.8. The van der Waals surface area contributed by atoms with Gasteiger partial charge in [-0.05, 0) is 50.1 Å². The van der Waals surface area contributed by atoms with E-state index in [-0.39, 0.29) is 11.9 Å². The molecule has 6 heteroatoms. The largest absolute Gasteiger partial charge is 0.349 e. The SMILES string of the molecule is CCn1ncc2c(C(=O)N[C@@H](C)C3CC3)cc(-c3cccs3)nc21. The maximum Gasteiger partial charge on any atom is 0.252 e. The summed E-state index contributed by atoms with van der Waals surface area (Å²) in [6.07, 6.45) is 4.17. The number of amides is 1. The van der Waals surface area contributed by atoms with Crippen LogP contribution in [0.3, 0.4) is 0 Å². The summed E-state index contributed by atoms with van der Waals surface area (Å²) in [5, 5.41) is 10.4. The maximum atomic E-state index is 12.8. The highest BCUT2D eigenvalue weighted by atomic mass is 32.1. The monoisotopic (exact) mass is 340 g/mol. The van der Waals surface area contributed by atoms with Gasteiger partial charge in [-0.2, -0.15) is 5.10 Å². The van der Waals surface area contributed by atoms with Crippen LogP contribution in [0.15, 0.2) is 29.8 Å². The molecule has 3 aromatic heterocycles. The Morgan fingerprint density at radius 3 is 3.00 bits per heavy atom. The summed E-state index contributed by atoms with van der Waals surface area (Å²) in [5.74, 6) is 0.594. The summed E-state index contributed by atoms with van der Waals surface area (Å²) < 4.78 is 1.84. The third-order valence-corrected chi connectivity index (χ3v) is 5.51. The van der Waals surface area contributed by atoms with Crippen LogP contribution in [0.1, 0.15) is 37.0 Å². The zero-order valence-corrected chi connectivity index (χ0v) is 14.6. The number of hydrogen-bond donors (Lipinski definition) is 1. The molecule has 0 spiro atoms. The van der Waals surface area contributed by atoms with E-state index in [4.69, 9.17) is 4.98 Å². The first-order chi connectivity index (χ1) is 11.7. The van der Waals surface area contributed by atoms with Crippen molar-refractivity contribution in [3.63, 3.8) is 0 Å². The van der Waals surface area contributed by atoms with Crippen molar-refractivity contribution >= 4 is 28.3 Å². The number of hydrogen-bond acceptors (Lipinski definition) is 4. The highest BCUT2D eigenvalue weighted by Crippen LogP contribution is 2.33. The van der Waals surface area contributed by atoms with Gasteiger partial charge in [0, 0.05) is 12.6 Å². The van der Waals surface area contributed by atoms with Crippen molar-refractivity contribution in [2.75, 3.05) is 0 Å². The van der Waals surface area contributed by atoms with Crippen LogP contribution in [0, 0.1) is 5.92 Å². The smallest absolute Gasteiger partial charge is 0.252 e. The molecule has 1 aliphatic rings. The highest BCUT2D eigenvalue weighted by molar-refractivity contribution is 7.13. The molecular weight excluding hydrogens is 320 g/mol. The number of thiophene rings is 1. The van der Waals surface area contributed by atoms with Gasteiger partial charge in [0.2, 0.25) is 0 Å². The molecule has 0 radical (unpaired) electrons. The predicted molar refractivity (Wildman–Crippen MR) is 96.2 cm³/mol. The van der Waals surface area contributed by atoms with Crippen LogP contribution in [0.2, 0.25) is 0 Å². The number of rotatable bonds is 5. The molecule has 5 nitrogen and oxygen atoms in total. The molecule has 0 aliphatic heterocycles. The van der Waals surface area contributed by atoms with Crippen LogP contribution >= 0.6 is 11.3 Å². The first-order valence-corrected chi connectivity index (χ1v) is 9.26. The topological polar surface area (TPSA) is 59.8 Å². The second-order valence-corrected chi connectivity index (χ2v) is 7.28. The Morgan fingerprint density at radius 1 is 1.50 bits per heavy atom. The third-order valence-electron chi connectivity index (χ3n) is 4.61. The normalized spacial score (nSPS) is 15.6. The van der Waals surface area contributed by atoms with E-state index >= 15 is 0 Å². The molecule has 1 N–H and O–H groups in total. The fraction of sp³-hybridized carbons (Fsp3) is 0.389. The van der Waals surface area contributed by atoms with Gasteiger partial charge in [-0.25, -0.2) is 9.67 Å². The molecule has 1 atom stereocenters. The van der Waals surface area contributed by atoms with Gasteiger partial charge in [-0.15, -0.1) is 11.3 Å². The van der Waals surface area contributed by atoms with Crippen molar-refractivity contribution in [3.05, 3.63) is 35.3 Å². The lowest BCUT2D eigenvalue weighted by atomic mass is 10.1. The minimum atomic E-state index is -0.0322. The molecule has 1 saturated carbocycles. The summed E-state index contributed by atoms with van der Waals surface area (Å²) in [6.45, 7) is 4.84. The van der Waals surface area contributed by atoms with E-state index in [1.165, 1.54) is 12.8 Å². The number of carbonyl (C=O) groups is 1. The molecule has 3 heterocycles. The van der Waals surface area contributed by atoms with Crippen molar-refractivity contribution in [2.24, 2.45) is 5.92 Å². The average Bonchev–Trinajstić information content (AvgIpc) is 3.14. The van der Waals surface area contributed by atoms with Gasteiger partial charge in [0.1, 0.15) is 0 Å². The first-order valence-electron chi connectivity index (χ1n) is 8.38. The van der Waals surface area contributed by atoms with E-state index in [2.05, 4.69) is 17.3 Å². The zero-order chi connectivity index (χ0) is 16.7. The fourth-order valence-corrected chi connectivity index (χ4v) is 3.70. The number of nitrogens with one attached hydrogen (secondary N) is 1. The third kappa shape index (κ3) is 2.71. The summed E-state index contributed by atoms with van der Waals surface area (Å²) in [7, 11) is 0. The van der Waals surface area contributed by atoms with E-state index < -0.39 is 0 Å². The van der Waals surface area contributed by atoms with E-state index in [9.17, 15) is 4.79 Å². The van der Waals surface area contributed by atoms with Gasteiger partial charge in [0.25, 0.3) is 5.91 Å². The molecule has 3 aromatic rings. The molecule has 1 aliphatic carbocycles. The van der Waals surface area contributed by atoms with Crippen LogP contribution in [0.5, 0.6) is 0 Å². The number of pyridine rings is 1. The Balaban J connectivity index is 1.80. The van der Waals surface area contributed by atoms with Crippen molar-refractivity contribution in [1.29, 1.82) is 0 Å². The lowest BCUT2D eigenvalue weighted by Crippen LogP contribution is -2.34. The Hall–Kier alpha value is -2.21. The summed E-state index contributed by atoms with van der Waals surface area (Å²) in [6, 6.07) is 6.13. The van der Waals surface area contributed by atoms with Crippen LogP contribution in [0.25, 0.3) is 21.6 Å². The Bertz CT molecular complexity index is 880. The van der Waals surface area contributed by atoms with E-state index in [0.717, 1.165) is 28.1 Å². The van der Waals surface area contributed by atoms with E-state index in [0.29, 0.717) is 11.5 Å². The quantitative estimate of drug-likeness (QED) is 0.770. The van der Waals surface area contributed by atoms with Crippen LogP contribution in [-0.4, -0.2) is 26.7 Å². The van der Waals surface area contributed by atoms with E-state index in [1.807, 2.05) is 35.2 Å². The lowest BCUT2D eigenvalue weighted by molar-refractivity contribution is 0.0937. The average molecular weight is 340 g/mol. The standard InChI is InChI=1S/C18H20N4OS/c1-3-22-17-14(10-19-22)13(18(23)20-11(2)12-6-7-12)9-15(21-17)16-5-4-8-24-16/h4-5,8-12H,3,6-7H2,1-2H3,(H,20,23)/t11-/m0/s1. The predicted octanol–water partition coefficient (Wildman–Crippen LogP) is 3.71. The second kappa shape index (κ2) is 6.02. The van der Waals surface area contributed by atoms with Crippen molar-refractivity contribution in [1.82, 2.24) is 20.1 Å². The van der Waals surface area contributed by atoms with Crippen LogP contribution in [0.4, 0.5) is 0 Å². The van der Waals surface area contributed by atoms with E-state index in [1.54, 1.807) is 17.5 Å². The molecule has 0 unspecified atom stereocenters. The molecule has 1 fully saturated rings. The van der Waals surface area contributed by atoms with Crippen LogP contribution in [-0.2, 0) is 6.54 Å².